The summed E-state index contributed by atoms with van der Waals surface area (Å²) in [4.78, 5) is 32.4. The molecule has 0 saturated carbocycles. The quantitative estimate of drug-likeness (QED) is 0.141. The highest BCUT2D eigenvalue weighted by Crippen LogP contribution is 2.40. The van der Waals surface area contributed by atoms with Crippen LogP contribution < -0.4 is 4.74 Å². The number of Topliss-reactive ketones (excluding diaryl/α,β-unsaturated/α-hetero) is 1. The van der Waals surface area contributed by atoms with Crippen molar-refractivity contribution in [3.63, 3.8) is 0 Å². The van der Waals surface area contributed by atoms with Gasteiger partial charge in [-0.05, 0) is 59.7 Å². The number of aliphatic hydroxyl groups excluding tert-OH is 1. The highest BCUT2D eigenvalue weighted by Gasteiger charge is 2.45. The summed E-state index contributed by atoms with van der Waals surface area (Å²) in [6, 6.07) is 22.3. The van der Waals surface area contributed by atoms with Gasteiger partial charge in [0.15, 0.2) is 0 Å². The molecule has 0 bridgehead atoms. The van der Waals surface area contributed by atoms with Gasteiger partial charge in [0.25, 0.3) is 11.7 Å². The second-order valence-corrected chi connectivity index (χ2v) is 11.8. The summed E-state index contributed by atoms with van der Waals surface area (Å²) in [5.74, 6) is -0.840. The molecule has 3 aromatic carbocycles. The predicted octanol–water partition coefficient (Wildman–Crippen LogP) is 6.58. The van der Waals surface area contributed by atoms with Crippen molar-refractivity contribution in [3.8, 4) is 5.75 Å². The van der Waals surface area contributed by atoms with E-state index in [2.05, 4.69) is 31.8 Å². The zero-order valence-corrected chi connectivity index (χ0v) is 24.6. The number of hydrogen-bond donors (Lipinski definition) is 1. The number of likely N-dealkylation sites (tertiary alicyclic amines) is 1. The number of aliphatic hydroxyl groups is 1. The third-order valence-corrected chi connectivity index (χ3v) is 7.62. The van der Waals surface area contributed by atoms with Crippen LogP contribution in [0.2, 0.25) is 0 Å². The molecule has 1 saturated heterocycles. The van der Waals surface area contributed by atoms with Crippen molar-refractivity contribution in [1.82, 2.24) is 14.5 Å². The Morgan fingerprint density at radius 1 is 0.976 bits per heavy atom. The first-order valence-electron chi connectivity index (χ1n) is 14.3. The largest absolute Gasteiger partial charge is 0.507 e. The van der Waals surface area contributed by atoms with E-state index in [0.29, 0.717) is 37.4 Å². The maximum atomic E-state index is 13.4. The average Bonchev–Trinajstić information content (AvgIpc) is 3.58. The van der Waals surface area contributed by atoms with E-state index in [-0.39, 0.29) is 16.7 Å². The van der Waals surface area contributed by atoms with Crippen LogP contribution in [0.4, 0.5) is 0 Å². The van der Waals surface area contributed by atoms with Crippen molar-refractivity contribution in [2.24, 2.45) is 0 Å². The number of imidazole rings is 1. The minimum absolute atomic E-state index is 0.0473. The van der Waals surface area contributed by atoms with E-state index in [1.165, 1.54) is 0 Å². The molecule has 1 N–H and O–H groups in total. The first-order valence-corrected chi connectivity index (χ1v) is 14.3. The van der Waals surface area contributed by atoms with Crippen LogP contribution in [-0.2, 0) is 28.2 Å². The van der Waals surface area contributed by atoms with Crippen molar-refractivity contribution < 1.29 is 19.4 Å². The highest BCUT2D eigenvalue weighted by atomic mass is 16.5. The Balaban J connectivity index is 1.43. The number of carbonyl (C=O) groups is 2. The molecule has 42 heavy (non-hydrogen) atoms. The molecule has 5 rings (SSSR count). The van der Waals surface area contributed by atoms with Gasteiger partial charge in [-0.15, -0.1) is 0 Å². The zero-order chi connectivity index (χ0) is 29.9. The summed E-state index contributed by atoms with van der Waals surface area (Å²) >= 11 is 0. The van der Waals surface area contributed by atoms with E-state index < -0.39 is 17.7 Å². The minimum atomic E-state index is -0.695. The van der Waals surface area contributed by atoms with E-state index in [1.807, 2.05) is 60.2 Å². The molecule has 1 unspecified atom stereocenters. The second kappa shape index (κ2) is 12.1. The summed E-state index contributed by atoms with van der Waals surface area (Å²) in [5, 5.41) is 11.5. The van der Waals surface area contributed by atoms with Crippen molar-refractivity contribution in [2.45, 2.75) is 58.7 Å². The first-order chi connectivity index (χ1) is 20.1. The van der Waals surface area contributed by atoms with Crippen molar-refractivity contribution in [1.29, 1.82) is 0 Å². The fourth-order valence-electron chi connectivity index (χ4n) is 5.30. The normalized spacial score (nSPS) is 16.7. The molecule has 1 amide bonds. The monoisotopic (exact) mass is 563 g/mol. The van der Waals surface area contributed by atoms with Crippen LogP contribution in [0.1, 0.15) is 61.1 Å². The lowest BCUT2D eigenvalue weighted by Crippen LogP contribution is -2.31. The molecular weight excluding hydrogens is 526 g/mol. The van der Waals surface area contributed by atoms with E-state index >= 15 is 0 Å². The van der Waals surface area contributed by atoms with Gasteiger partial charge in [-0.2, -0.15) is 0 Å². The molecule has 1 fully saturated rings. The molecule has 216 valence electrons. The number of nitrogens with zero attached hydrogens (tertiary/aromatic N) is 3. The van der Waals surface area contributed by atoms with Gasteiger partial charge in [-0.1, -0.05) is 74.9 Å². The molecule has 2 heterocycles. The summed E-state index contributed by atoms with van der Waals surface area (Å²) in [7, 11) is 0. The lowest BCUT2D eigenvalue weighted by molar-refractivity contribution is -0.139. The van der Waals surface area contributed by atoms with E-state index in [0.717, 1.165) is 22.3 Å². The molecule has 1 atom stereocenters. The van der Waals surface area contributed by atoms with Crippen LogP contribution >= 0.6 is 0 Å². The Hall–Kier alpha value is -4.65. The lowest BCUT2D eigenvalue weighted by atomic mass is 9.85. The average molecular weight is 564 g/mol. The van der Waals surface area contributed by atoms with Gasteiger partial charge in [0, 0.05) is 31.0 Å². The number of ether oxygens (including phenoxy) is 1. The number of aromatic nitrogens is 2. The SMILES string of the molecule is Cc1cccc(COc2ccc(C(O)=C3C(=O)C(=O)N(CCCn4ccnc4)C3c3ccc(C(C)(C)C)cc3)cc2)c1. The van der Waals surface area contributed by atoms with Gasteiger partial charge in [-0.3, -0.25) is 9.59 Å². The number of rotatable bonds is 9. The Labute approximate surface area is 247 Å². The first kappa shape index (κ1) is 28.9. The zero-order valence-electron chi connectivity index (χ0n) is 24.6. The standard InChI is InChI=1S/C35H37N3O4/c1-24-7-5-8-25(21-24)22-42-29-15-11-27(12-16-29)32(39)30-31(26-9-13-28(14-10-26)35(2,3)4)38(34(41)33(30)40)19-6-18-37-20-17-36-23-37/h5,7-17,20-21,23,31,39H,6,18-19,22H2,1-4H3. The Morgan fingerprint density at radius 2 is 1.71 bits per heavy atom. The van der Waals surface area contributed by atoms with Gasteiger partial charge in [0.05, 0.1) is 17.9 Å². The van der Waals surface area contributed by atoms with Gasteiger partial charge in [0.1, 0.15) is 18.1 Å². The van der Waals surface area contributed by atoms with Gasteiger partial charge in [0.2, 0.25) is 0 Å². The molecule has 1 aromatic heterocycles. The Morgan fingerprint density at radius 3 is 2.36 bits per heavy atom. The molecule has 1 aliphatic rings. The molecule has 7 heteroatoms. The Bertz CT molecular complexity index is 1580. The van der Waals surface area contributed by atoms with E-state index in [9.17, 15) is 14.7 Å². The number of benzene rings is 3. The van der Waals surface area contributed by atoms with E-state index in [4.69, 9.17) is 4.74 Å². The van der Waals surface area contributed by atoms with Crippen molar-refractivity contribution >= 4 is 17.4 Å². The molecule has 0 radical (unpaired) electrons. The topological polar surface area (TPSA) is 84.7 Å². The number of aryl methyl sites for hydroxylation is 2. The molecule has 1 aliphatic heterocycles. The molecule has 4 aromatic rings. The Kier molecular flexibility index (Phi) is 8.29. The summed E-state index contributed by atoms with van der Waals surface area (Å²) in [5.41, 5.74) is 4.65. The predicted molar refractivity (Wildman–Crippen MR) is 163 cm³/mol. The highest BCUT2D eigenvalue weighted by molar-refractivity contribution is 6.46. The van der Waals surface area contributed by atoms with Crippen LogP contribution in [0.3, 0.4) is 0 Å². The van der Waals surface area contributed by atoms with Crippen LogP contribution in [0.5, 0.6) is 5.75 Å². The number of hydrogen-bond acceptors (Lipinski definition) is 5. The lowest BCUT2D eigenvalue weighted by Gasteiger charge is -2.26. The molecule has 0 aliphatic carbocycles. The van der Waals surface area contributed by atoms with Crippen LogP contribution in [-0.4, -0.2) is 37.8 Å². The fraction of sp³-hybridized carbons (Fsp3) is 0.286. The van der Waals surface area contributed by atoms with E-state index in [1.54, 1.807) is 41.7 Å². The van der Waals surface area contributed by atoms with Crippen LogP contribution in [0.25, 0.3) is 5.76 Å². The molecule has 0 spiro atoms. The van der Waals surface area contributed by atoms with Gasteiger partial charge in [-0.25, -0.2) is 4.98 Å². The smallest absolute Gasteiger partial charge is 0.295 e. The molecule has 7 nitrogen and oxygen atoms in total. The second-order valence-electron chi connectivity index (χ2n) is 11.8. The molecular formula is C35H37N3O4. The summed E-state index contributed by atoms with van der Waals surface area (Å²) < 4.78 is 7.87. The summed E-state index contributed by atoms with van der Waals surface area (Å²) in [6.45, 7) is 9.88. The van der Waals surface area contributed by atoms with Crippen molar-refractivity contribution in [3.05, 3.63) is 125 Å². The maximum absolute atomic E-state index is 13.4. The van der Waals surface area contributed by atoms with Gasteiger partial charge >= 0.3 is 0 Å². The third kappa shape index (κ3) is 6.30. The minimum Gasteiger partial charge on any atom is -0.507 e. The maximum Gasteiger partial charge on any atom is 0.295 e. The number of ketones is 1. The summed E-state index contributed by atoms with van der Waals surface area (Å²) in [6.07, 6.45) is 5.94. The van der Waals surface area contributed by atoms with Crippen LogP contribution in [0, 0.1) is 6.92 Å². The number of carbonyl (C=O) groups excluding carboxylic acids is 2. The fourth-order valence-corrected chi connectivity index (χ4v) is 5.30. The van der Waals surface area contributed by atoms with Gasteiger partial charge < -0.3 is 19.3 Å². The third-order valence-electron chi connectivity index (χ3n) is 7.62. The van der Waals surface area contributed by atoms with Crippen LogP contribution in [0.15, 0.2) is 97.1 Å². The van der Waals surface area contributed by atoms with Crippen molar-refractivity contribution in [2.75, 3.05) is 6.54 Å². The number of amides is 1.